The maximum atomic E-state index is 2.38. The summed E-state index contributed by atoms with van der Waals surface area (Å²) in [6.07, 6.45) is 19.2. The number of hydrogen-bond acceptors (Lipinski definition) is 0. The molecule has 2 atom stereocenters. The zero-order valence-electron chi connectivity index (χ0n) is 13.9. The van der Waals surface area contributed by atoms with Crippen LogP contribution in [0.25, 0.3) is 0 Å². The van der Waals surface area contributed by atoms with Gasteiger partial charge < -0.3 is 0 Å². The SMILES string of the molecule is CCCCCCC(CCCC)C(CCC)CC1CC1. The molecule has 1 aliphatic rings. The van der Waals surface area contributed by atoms with Gasteiger partial charge in [-0.3, -0.25) is 0 Å². The number of hydrogen-bond donors (Lipinski definition) is 0. The summed E-state index contributed by atoms with van der Waals surface area (Å²) in [6, 6.07) is 0. The highest BCUT2D eigenvalue weighted by atomic mass is 14.3. The van der Waals surface area contributed by atoms with Crippen molar-refractivity contribution in [1.29, 1.82) is 0 Å². The molecular weight excluding hydrogens is 228 g/mol. The predicted molar refractivity (Wildman–Crippen MR) is 87.5 cm³/mol. The predicted octanol–water partition coefficient (Wildman–Crippen LogP) is 6.98. The molecule has 0 saturated heterocycles. The molecule has 19 heavy (non-hydrogen) atoms. The van der Waals surface area contributed by atoms with Crippen LogP contribution >= 0.6 is 0 Å². The minimum Gasteiger partial charge on any atom is -0.0654 e. The molecule has 0 aliphatic heterocycles. The molecule has 0 nitrogen and oxygen atoms in total. The maximum absolute atomic E-state index is 2.38. The molecule has 1 rings (SSSR count). The molecule has 114 valence electrons. The van der Waals surface area contributed by atoms with Gasteiger partial charge in [0.25, 0.3) is 0 Å². The van der Waals surface area contributed by atoms with Crippen LogP contribution in [0.3, 0.4) is 0 Å². The average Bonchev–Trinajstić information content (AvgIpc) is 3.22. The number of unbranched alkanes of at least 4 members (excludes halogenated alkanes) is 4. The van der Waals surface area contributed by atoms with E-state index in [1.54, 1.807) is 6.42 Å². The largest absolute Gasteiger partial charge is 0.0654 e. The van der Waals surface area contributed by atoms with E-state index in [4.69, 9.17) is 0 Å². The first kappa shape index (κ1) is 17.1. The van der Waals surface area contributed by atoms with Gasteiger partial charge in [-0.05, 0) is 24.2 Å². The van der Waals surface area contributed by atoms with Gasteiger partial charge in [0.05, 0.1) is 0 Å². The summed E-state index contributed by atoms with van der Waals surface area (Å²) in [5.74, 6) is 3.24. The molecular formula is C19H38. The lowest BCUT2D eigenvalue weighted by Crippen LogP contribution is -2.16. The van der Waals surface area contributed by atoms with Gasteiger partial charge in [-0.15, -0.1) is 0 Å². The van der Waals surface area contributed by atoms with Crippen LogP contribution in [0.15, 0.2) is 0 Å². The zero-order valence-corrected chi connectivity index (χ0v) is 13.9. The molecule has 0 aromatic rings. The first-order valence-corrected chi connectivity index (χ1v) is 9.31. The summed E-state index contributed by atoms with van der Waals surface area (Å²) < 4.78 is 0. The van der Waals surface area contributed by atoms with Gasteiger partial charge in [-0.25, -0.2) is 0 Å². The molecule has 1 aliphatic carbocycles. The average molecular weight is 267 g/mol. The summed E-state index contributed by atoms with van der Waals surface area (Å²) in [7, 11) is 0. The van der Waals surface area contributed by atoms with Crippen molar-refractivity contribution in [3.8, 4) is 0 Å². The van der Waals surface area contributed by atoms with E-state index in [0.717, 1.165) is 17.8 Å². The van der Waals surface area contributed by atoms with Gasteiger partial charge in [0, 0.05) is 0 Å². The van der Waals surface area contributed by atoms with Crippen LogP contribution in [0.5, 0.6) is 0 Å². The first-order valence-electron chi connectivity index (χ1n) is 9.31. The van der Waals surface area contributed by atoms with Crippen LogP contribution in [0, 0.1) is 17.8 Å². The van der Waals surface area contributed by atoms with Gasteiger partial charge in [0.15, 0.2) is 0 Å². The Hall–Kier alpha value is 0. The summed E-state index contributed by atoms with van der Waals surface area (Å²) in [5.41, 5.74) is 0. The van der Waals surface area contributed by atoms with Crippen LogP contribution in [-0.2, 0) is 0 Å². The van der Waals surface area contributed by atoms with Crippen molar-refractivity contribution in [2.45, 2.75) is 104 Å². The van der Waals surface area contributed by atoms with E-state index in [2.05, 4.69) is 20.8 Å². The Bertz CT molecular complexity index is 192. The van der Waals surface area contributed by atoms with Crippen LogP contribution in [0.1, 0.15) is 104 Å². The standard InChI is InChI=1S/C19H38/c1-4-7-9-10-13-18(12-8-5-2)19(11-6-3)16-17-14-15-17/h17-19H,4-16H2,1-3H3. The fourth-order valence-corrected chi connectivity index (χ4v) is 3.61. The quantitative estimate of drug-likeness (QED) is 0.315. The van der Waals surface area contributed by atoms with E-state index in [1.165, 1.54) is 77.0 Å². The van der Waals surface area contributed by atoms with E-state index in [9.17, 15) is 0 Å². The third-order valence-electron chi connectivity index (χ3n) is 5.02. The highest BCUT2D eigenvalue weighted by molar-refractivity contribution is 4.80. The topological polar surface area (TPSA) is 0 Å². The molecule has 0 heteroatoms. The van der Waals surface area contributed by atoms with Gasteiger partial charge in [-0.1, -0.05) is 97.8 Å². The van der Waals surface area contributed by atoms with Crippen LogP contribution < -0.4 is 0 Å². The fraction of sp³-hybridized carbons (Fsp3) is 1.00. The molecule has 1 fully saturated rings. The molecule has 0 heterocycles. The summed E-state index contributed by atoms with van der Waals surface area (Å²) in [5, 5.41) is 0. The third kappa shape index (κ3) is 8.00. The molecule has 0 aromatic heterocycles. The van der Waals surface area contributed by atoms with Gasteiger partial charge in [0.2, 0.25) is 0 Å². The van der Waals surface area contributed by atoms with Crippen LogP contribution in [0.2, 0.25) is 0 Å². The Morgan fingerprint density at radius 1 is 0.684 bits per heavy atom. The molecule has 0 spiro atoms. The Morgan fingerprint density at radius 3 is 1.95 bits per heavy atom. The summed E-state index contributed by atoms with van der Waals surface area (Å²) in [6.45, 7) is 7.05. The second kappa shape index (κ2) is 10.7. The normalized spacial score (nSPS) is 18.5. The van der Waals surface area contributed by atoms with Gasteiger partial charge >= 0.3 is 0 Å². The van der Waals surface area contributed by atoms with Crippen molar-refractivity contribution in [3.05, 3.63) is 0 Å². The minimum absolute atomic E-state index is 1.05. The molecule has 0 N–H and O–H groups in total. The molecule has 2 unspecified atom stereocenters. The minimum atomic E-state index is 1.05. The van der Waals surface area contributed by atoms with Gasteiger partial charge in [-0.2, -0.15) is 0 Å². The van der Waals surface area contributed by atoms with Crippen molar-refractivity contribution in [2.24, 2.45) is 17.8 Å². The lowest BCUT2D eigenvalue weighted by molar-refractivity contribution is 0.239. The van der Waals surface area contributed by atoms with Crippen LogP contribution in [-0.4, -0.2) is 0 Å². The monoisotopic (exact) mass is 266 g/mol. The summed E-state index contributed by atoms with van der Waals surface area (Å²) >= 11 is 0. The van der Waals surface area contributed by atoms with Crippen molar-refractivity contribution >= 4 is 0 Å². The van der Waals surface area contributed by atoms with E-state index in [1.807, 2.05) is 0 Å². The lowest BCUT2D eigenvalue weighted by atomic mass is 9.78. The van der Waals surface area contributed by atoms with Crippen molar-refractivity contribution < 1.29 is 0 Å². The van der Waals surface area contributed by atoms with Gasteiger partial charge in [0.1, 0.15) is 0 Å². The van der Waals surface area contributed by atoms with Crippen molar-refractivity contribution in [3.63, 3.8) is 0 Å². The maximum Gasteiger partial charge on any atom is -0.0383 e. The molecule has 0 radical (unpaired) electrons. The highest BCUT2D eigenvalue weighted by Crippen LogP contribution is 2.41. The summed E-state index contributed by atoms with van der Waals surface area (Å²) in [4.78, 5) is 0. The van der Waals surface area contributed by atoms with Crippen LogP contribution in [0.4, 0.5) is 0 Å². The van der Waals surface area contributed by atoms with Crippen molar-refractivity contribution in [1.82, 2.24) is 0 Å². The molecule has 0 amide bonds. The Morgan fingerprint density at radius 2 is 1.37 bits per heavy atom. The van der Waals surface area contributed by atoms with E-state index in [0.29, 0.717) is 0 Å². The Kier molecular flexibility index (Phi) is 9.65. The second-order valence-electron chi connectivity index (χ2n) is 6.98. The Balaban J connectivity index is 2.36. The fourth-order valence-electron chi connectivity index (χ4n) is 3.61. The molecule has 0 bridgehead atoms. The number of rotatable bonds is 13. The molecule has 1 saturated carbocycles. The first-order chi connectivity index (χ1) is 9.31. The zero-order chi connectivity index (χ0) is 13.9. The second-order valence-corrected chi connectivity index (χ2v) is 6.98. The lowest BCUT2D eigenvalue weighted by Gasteiger charge is -2.27. The smallest absolute Gasteiger partial charge is 0.0383 e. The highest BCUT2D eigenvalue weighted by Gasteiger charge is 2.29. The molecule has 0 aromatic carbocycles. The Labute approximate surface area is 122 Å². The van der Waals surface area contributed by atoms with E-state index >= 15 is 0 Å². The van der Waals surface area contributed by atoms with E-state index < -0.39 is 0 Å². The van der Waals surface area contributed by atoms with Crippen molar-refractivity contribution in [2.75, 3.05) is 0 Å². The van der Waals surface area contributed by atoms with E-state index in [-0.39, 0.29) is 0 Å². The third-order valence-corrected chi connectivity index (χ3v) is 5.02.